The molecule has 0 spiro atoms. The van der Waals surface area contributed by atoms with Crippen LogP contribution in [-0.4, -0.2) is 49.8 Å². The molecule has 1 atom stereocenters. The van der Waals surface area contributed by atoms with Crippen LogP contribution < -0.4 is 15.4 Å². The van der Waals surface area contributed by atoms with Crippen molar-refractivity contribution in [1.29, 1.82) is 0 Å². The Hall–Kier alpha value is -2.48. The summed E-state index contributed by atoms with van der Waals surface area (Å²) in [6.07, 6.45) is 5.76. The number of ether oxygens (including phenoxy) is 2. The molecule has 9 heteroatoms. The second kappa shape index (κ2) is 16.3. The molecule has 1 amide bonds. The number of benzene rings is 2. The van der Waals surface area contributed by atoms with Gasteiger partial charge in [0.15, 0.2) is 11.5 Å². The van der Waals surface area contributed by atoms with Crippen LogP contribution in [0.5, 0.6) is 11.5 Å². The Labute approximate surface area is 223 Å². The van der Waals surface area contributed by atoms with E-state index in [0.717, 1.165) is 50.6 Å². The second-order valence-electron chi connectivity index (χ2n) is 8.50. The molecule has 198 valence electrons. The molecule has 0 aliphatic carbocycles. The Morgan fingerprint density at radius 2 is 1.75 bits per heavy atom. The maximum absolute atomic E-state index is 13.1. The molecule has 0 aromatic heterocycles. The van der Waals surface area contributed by atoms with Gasteiger partial charge in [0, 0.05) is 6.42 Å². The average molecular weight is 540 g/mol. The molecule has 0 saturated carbocycles. The summed E-state index contributed by atoms with van der Waals surface area (Å²) >= 11 is 12.6. The molecule has 0 aliphatic rings. The standard InChI is InChI=1S/C27H36Cl2N2O5/c1-3-4-5-10-16-36-27(34)22(17-19-12-7-6-8-13-19)31-26(33)20-18-21(28)25(23(29)24(20)32)35-15-11-9-14-30-2/h6-8,12-13,18,22,30,32H,3-5,9-11,14-17H2,1-2H3,(H,31,33)/t22-/m0/s1. The van der Waals surface area contributed by atoms with Crippen LogP contribution >= 0.6 is 23.2 Å². The van der Waals surface area contributed by atoms with Crippen LogP contribution in [0, 0.1) is 0 Å². The van der Waals surface area contributed by atoms with Gasteiger partial charge in [-0.05, 0) is 44.5 Å². The molecule has 0 unspecified atom stereocenters. The quantitative estimate of drug-likeness (QED) is 0.191. The van der Waals surface area contributed by atoms with Crippen molar-refractivity contribution >= 4 is 35.1 Å². The molecule has 0 aliphatic heterocycles. The number of unbranched alkanes of at least 4 members (excludes halogenated alkanes) is 4. The van der Waals surface area contributed by atoms with Gasteiger partial charge in [-0.15, -0.1) is 0 Å². The summed E-state index contributed by atoms with van der Waals surface area (Å²) in [4.78, 5) is 25.9. The van der Waals surface area contributed by atoms with Crippen LogP contribution in [0.4, 0.5) is 0 Å². The summed E-state index contributed by atoms with van der Waals surface area (Å²) < 4.78 is 11.1. The SMILES string of the molecule is CCCCCCOC(=O)[C@H](Cc1ccccc1)NC(=O)c1cc(Cl)c(OCCCCNC)c(Cl)c1O. The lowest BCUT2D eigenvalue weighted by atomic mass is 10.0. The second-order valence-corrected chi connectivity index (χ2v) is 9.29. The number of rotatable bonds is 16. The largest absolute Gasteiger partial charge is 0.505 e. The molecule has 3 N–H and O–H groups in total. The first-order valence-electron chi connectivity index (χ1n) is 12.4. The van der Waals surface area contributed by atoms with Crippen molar-refractivity contribution in [2.45, 2.75) is 57.9 Å². The summed E-state index contributed by atoms with van der Waals surface area (Å²) in [5, 5.41) is 16.3. The fourth-order valence-corrected chi connectivity index (χ4v) is 4.12. The van der Waals surface area contributed by atoms with Crippen LogP contribution in [0.3, 0.4) is 0 Å². The van der Waals surface area contributed by atoms with Crippen molar-refractivity contribution in [3.05, 3.63) is 57.6 Å². The van der Waals surface area contributed by atoms with Gasteiger partial charge < -0.3 is 25.2 Å². The van der Waals surface area contributed by atoms with E-state index in [4.69, 9.17) is 32.7 Å². The zero-order valence-corrected chi connectivity index (χ0v) is 22.5. The van der Waals surface area contributed by atoms with Gasteiger partial charge in [0.05, 0.1) is 23.8 Å². The maximum Gasteiger partial charge on any atom is 0.328 e. The summed E-state index contributed by atoms with van der Waals surface area (Å²) in [5.41, 5.74) is 0.703. The fraction of sp³-hybridized carbons (Fsp3) is 0.481. The van der Waals surface area contributed by atoms with Crippen molar-refractivity contribution in [3.63, 3.8) is 0 Å². The van der Waals surface area contributed by atoms with Crippen molar-refractivity contribution in [1.82, 2.24) is 10.6 Å². The minimum atomic E-state index is -0.953. The third-order valence-corrected chi connectivity index (χ3v) is 6.21. The maximum atomic E-state index is 13.1. The Morgan fingerprint density at radius 3 is 2.44 bits per heavy atom. The lowest BCUT2D eigenvalue weighted by Gasteiger charge is -2.19. The number of halogens is 2. The third kappa shape index (κ3) is 9.52. The molecule has 2 aromatic rings. The topological polar surface area (TPSA) is 96.9 Å². The molecule has 2 rings (SSSR count). The van der Waals surface area contributed by atoms with E-state index in [9.17, 15) is 14.7 Å². The Kier molecular flexibility index (Phi) is 13.5. The highest BCUT2D eigenvalue weighted by atomic mass is 35.5. The highest BCUT2D eigenvalue weighted by molar-refractivity contribution is 6.39. The van der Waals surface area contributed by atoms with Crippen LogP contribution in [0.25, 0.3) is 0 Å². The van der Waals surface area contributed by atoms with Gasteiger partial charge >= 0.3 is 5.97 Å². The number of amides is 1. The van der Waals surface area contributed by atoms with Gasteiger partial charge in [-0.25, -0.2) is 4.79 Å². The van der Waals surface area contributed by atoms with Gasteiger partial charge in [-0.2, -0.15) is 0 Å². The molecule has 36 heavy (non-hydrogen) atoms. The summed E-state index contributed by atoms with van der Waals surface area (Å²) in [6, 6.07) is 9.64. The normalized spacial score (nSPS) is 11.7. The van der Waals surface area contributed by atoms with Gasteiger partial charge in [-0.1, -0.05) is 79.7 Å². The lowest BCUT2D eigenvalue weighted by molar-refractivity contribution is -0.146. The number of aromatic hydroxyl groups is 1. The predicted octanol–water partition coefficient (Wildman–Crippen LogP) is 5.54. The van der Waals surface area contributed by atoms with E-state index < -0.39 is 23.7 Å². The number of nitrogens with one attached hydrogen (secondary N) is 2. The van der Waals surface area contributed by atoms with E-state index in [1.807, 2.05) is 37.4 Å². The third-order valence-electron chi connectivity index (χ3n) is 5.58. The Morgan fingerprint density at radius 1 is 1.03 bits per heavy atom. The van der Waals surface area contributed by atoms with Crippen LogP contribution in [0.2, 0.25) is 10.0 Å². The van der Waals surface area contributed by atoms with Gasteiger partial charge in [0.25, 0.3) is 5.91 Å². The summed E-state index contributed by atoms with van der Waals surface area (Å²) in [6.45, 7) is 3.59. The molecule has 0 radical (unpaired) electrons. The number of hydrogen-bond donors (Lipinski definition) is 3. The van der Waals surface area contributed by atoms with Crippen molar-refractivity contribution in [2.24, 2.45) is 0 Å². The molecular weight excluding hydrogens is 503 g/mol. The first kappa shape index (κ1) is 29.7. The molecule has 0 bridgehead atoms. The molecule has 2 aromatic carbocycles. The van der Waals surface area contributed by atoms with Crippen molar-refractivity contribution in [2.75, 3.05) is 26.8 Å². The molecular formula is C27H36Cl2N2O5. The van der Waals surface area contributed by atoms with Crippen molar-refractivity contribution < 1.29 is 24.2 Å². The number of carbonyl (C=O) groups excluding carboxylic acids is 2. The zero-order chi connectivity index (χ0) is 26.3. The van der Waals surface area contributed by atoms with Gasteiger partial charge in [0.2, 0.25) is 0 Å². The molecule has 0 heterocycles. The smallest absolute Gasteiger partial charge is 0.328 e. The van der Waals surface area contributed by atoms with Crippen LogP contribution in [-0.2, 0) is 16.0 Å². The minimum absolute atomic E-state index is 0.0923. The predicted molar refractivity (Wildman–Crippen MR) is 143 cm³/mol. The van der Waals surface area contributed by atoms with E-state index >= 15 is 0 Å². The number of phenolic OH excluding ortho intramolecular Hbond substituents is 1. The van der Waals surface area contributed by atoms with E-state index in [2.05, 4.69) is 17.6 Å². The van der Waals surface area contributed by atoms with Gasteiger partial charge in [0.1, 0.15) is 11.1 Å². The number of carbonyl (C=O) groups is 2. The minimum Gasteiger partial charge on any atom is -0.505 e. The Bertz CT molecular complexity index is 972. The number of hydrogen-bond acceptors (Lipinski definition) is 6. The van der Waals surface area contributed by atoms with E-state index in [0.29, 0.717) is 6.61 Å². The first-order valence-corrected chi connectivity index (χ1v) is 13.1. The summed E-state index contributed by atoms with van der Waals surface area (Å²) in [7, 11) is 1.87. The zero-order valence-electron chi connectivity index (χ0n) is 20.9. The molecule has 0 fully saturated rings. The van der Waals surface area contributed by atoms with Gasteiger partial charge in [-0.3, -0.25) is 4.79 Å². The molecule has 0 saturated heterocycles. The highest BCUT2D eigenvalue weighted by Gasteiger charge is 2.27. The van der Waals surface area contributed by atoms with E-state index in [1.165, 1.54) is 6.07 Å². The number of phenols is 1. The lowest BCUT2D eigenvalue weighted by Crippen LogP contribution is -2.43. The Balaban J connectivity index is 2.13. The monoisotopic (exact) mass is 538 g/mol. The highest BCUT2D eigenvalue weighted by Crippen LogP contribution is 2.42. The average Bonchev–Trinajstić information content (AvgIpc) is 2.87. The van der Waals surface area contributed by atoms with E-state index in [1.54, 1.807) is 0 Å². The molecule has 7 nitrogen and oxygen atoms in total. The first-order chi connectivity index (χ1) is 17.4. The van der Waals surface area contributed by atoms with E-state index in [-0.39, 0.29) is 34.4 Å². The van der Waals surface area contributed by atoms with Crippen LogP contribution in [0.1, 0.15) is 61.4 Å². The fourth-order valence-electron chi connectivity index (χ4n) is 3.56. The van der Waals surface area contributed by atoms with Crippen molar-refractivity contribution in [3.8, 4) is 11.5 Å². The number of esters is 1. The summed E-state index contributed by atoms with van der Waals surface area (Å²) in [5.74, 6) is -1.58. The van der Waals surface area contributed by atoms with Crippen LogP contribution in [0.15, 0.2) is 36.4 Å².